The minimum atomic E-state index is -0.256. The molecule has 1 N–H and O–H groups in total. The zero-order chi connectivity index (χ0) is 22.7. The van der Waals surface area contributed by atoms with E-state index in [0.29, 0.717) is 11.3 Å². The summed E-state index contributed by atoms with van der Waals surface area (Å²) < 4.78 is 0. The first-order chi connectivity index (χ1) is 16.3. The van der Waals surface area contributed by atoms with Crippen LogP contribution in [0.15, 0.2) is 133 Å². The Morgan fingerprint density at radius 3 is 1.55 bits per heavy atom. The van der Waals surface area contributed by atoms with Gasteiger partial charge in [-0.2, -0.15) is 5.10 Å². The molecule has 0 aliphatic rings. The fraction of sp³-hybridized carbons (Fsp3) is 0. The van der Waals surface area contributed by atoms with Gasteiger partial charge in [-0.25, -0.2) is 5.43 Å². The Balaban J connectivity index is 1.50. The summed E-state index contributed by atoms with van der Waals surface area (Å²) >= 11 is 0. The lowest BCUT2D eigenvalue weighted by atomic mass is 10.0. The summed E-state index contributed by atoms with van der Waals surface area (Å²) in [6.07, 6.45) is 7.70. The second-order valence-electron chi connectivity index (χ2n) is 7.41. The van der Waals surface area contributed by atoms with E-state index in [2.05, 4.69) is 10.5 Å². The molecule has 0 spiro atoms. The number of amides is 1. The van der Waals surface area contributed by atoms with Crippen molar-refractivity contribution in [3.63, 3.8) is 0 Å². The molecule has 0 saturated heterocycles. The monoisotopic (exact) mass is 428 g/mol. The van der Waals surface area contributed by atoms with Crippen LogP contribution in [0, 0.1) is 0 Å². The van der Waals surface area contributed by atoms with Gasteiger partial charge in [0.25, 0.3) is 5.91 Å². The summed E-state index contributed by atoms with van der Waals surface area (Å²) in [6.45, 7) is 0. The summed E-state index contributed by atoms with van der Waals surface area (Å²) in [5, 5.41) is 4.35. The molecule has 0 saturated carbocycles. The molecular formula is C30H24N2O. The van der Waals surface area contributed by atoms with Gasteiger partial charge < -0.3 is 0 Å². The number of carbonyl (C=O) groups is 1. The van der Waals surface area contributed by atoms with Gasteiger partial charge in [0, 0.05) is 5.56 Å². The van der Waals surface area contributed by atoms with Gasteiger partial charge >= 0.3 is 0 Å². The Bertz CT molecular complexity index is 1210. The van der Waals surface area contributed by atoms with Crippen LogP contribution in [0.3, 0.4) is 0 Å². The van der Waals surface area contributed by atoms with Gasteiger partial charge in [0.15, 0.2) is 0 Å². The lowest BCUT2D eigenvalue weighted by Gasteiger charge is -2.04. The first-order valence-corrected chi connectivity index (χ1v) is 10.8. The van der Waals surface area contributed by atoms with Crippen molar-refractivity contribution in [3.8, 4) is 11.1 Å². The number of benzene rings is 4. The molecule has 1 amide bonds. The van der Waals surface area contributed by atoms with Crippen LogP contribution in [0.2, 0.25) is 0 Å². The topological polar surface area (TPSA) is 41.5 Å². The largest absolute Gasteiger partial charge is 0.271 e. The summed E-state index contributed by atoms with van der Waals surface area (Å²) in [5.41, 5.74) is 8.16. The highest BCUT2D eigenvalue weighted by atomic mass is 16.2. The Morgan fingerprint density at radius 1 is 0.576 bits per heavy atom. The van der Waals surface area contributed by atoms with Gasteiger partial charge in [0.2, 0.25) is 0 Å². The molecule has 160 valence electrons. The van der Waals surface area contributed by atoms with Crippen LogP contribution in [-0.4, -0.2) is 11.6 Å². The molecule has 0 aromatic heterocycles. The van der Waals surface area contributed by atoms with E-state index in [1.165, 1.54) is 0 Å². The van der Waals surface area contributed by atoms with E-state index in [4.69, 9.17) is 0 Å². The van der Waals surface area contributed by atoms with Crippen molar-refractivity contribution in [2.45, 2.75) is 0 Å². The molecule has 33 heavy (non-hydrogen) atoms. The molecule has 0 bridgehead atoms. The van der Waals surface area contributed by atoms with E-state index in [-0.39, 0.29) is 5.91 Å². The van der Waals surface area contributed by atoms with Gasteiger partial charge in [0.1, 0.15) is 0 Å². The predicted octanol–water partition coefficient (Wildman–Crippen LogP) is 6.87. The average molecular weight is 429 g/mol. The highest BCUT2D eigenvalue weighted by Gasteiger charge is 2.05. The number of rotatable bonds is 7. The van der Waals surface area contributed by atoms with Crippen molar-refractivity contribution >= 4 is 23.8 Å². The van der Waals surface area contributed by atoms with Crippen LogP contribution in [0.5, 0.6) is 0 Å². The van der Waals surface area contributed by atoms with Crippen molar-refractivity contribution < 1.29 is 4.79 Å². The molecular weight excluding hydrogens is 404 g/mol. The highest BCUT2D eigenvalue weighted by Crippen LogP contribution is 2.19. The number of carbonyl (C=O) groups excluding carboxylic acids is 1. The SMILES string of the molecule is O=C(NN=C(/C=C\c1ccccc1)/C=C/c1ccccc1)c1ccc(-c2ccccc2)cc1. The molecule has 4 aromatic rings. The molecule has 0 unspecified atom stereocenters. The van der Waals surface area contributed by atoms with E-state index in [0.717, 1.165) is 22.3 Å². The molecule has 0 aliphatic heterocycles. The molecule has 0 radical (unpaired) electrons. The lowest BCUT2D eigenvalue weighted by molar-refractivity contribution is 0.0955. The molecule has 0 heterocycles. The maximum atomic E-state index is 12.7. The molecule has 0 fully saturated rings. The summed E-state index contributed by atoms with van der Waals surface area (Å²) in [7, 11) is 0. The Morgan fingerprint density at radius 2 is 1.03 bits per heavy atom. The fourth-order valence-electron chi connectivity index (χ4n) is 3.25. The van der Waals surface area contributed by atoms with Crippen LogP contribution in [0.1, 0.15) is 21.5 Å². The van der Waals surface area contributed by atoms with E-state index in [1.807, 2.05) is 140 Å². The van der Waals surface area contributed by atoms with Crippen molar-refractivity contribution in [1.29, 1.82) is 0 Å². The first-order valence-electron chi connectivity index (χ1n) is 10.8. The quantitative estimate of drug-likeness (QED) is 0.253. The molecule has 3 heteroatoms. The van der Waals surface area contributed by atoms with E-state index >= 15 is 0 Å². The standard InChI is InChI=1S/C30H24N2O/c33-30(28-20-18-27(19-21-28)26-14-8-3-9-15-26)32-31-29(22-16-24-10-4-1-5-11-24)23-17-25-12-6-2-7-13-25/h1-23H,(H,32,33)/b22-16-,23-17+,31-29?. The van der Waals surface area contributed by atoms with Crippen LogP contribution < -0.4 is 5.43 Å². The third-order valence-electron chi connectivity index (χ3n) is 5.03. The molecule has 0 atom stereocenters. The number of nitrogens with one attached hydrogen (secondary N) is 1. The Labute approximate surface area is 194 Å². The van der Waals surface area contributed by atoms with Crippen LogP contribution in [0.4, 0.5) is 0 Å². The minimum absolute atomic E-state index is 0.256. The summed E-state index contributed by atoms with van der Waals surface area (Å²) in [6, 6.07) is 37.5. The normalized spacial score (nSPS) is 11.7. The maximum absolute atomic E-state index is 12.7. The smallest absolute Gasteiger partial charge is 0.267 e. The predicted molar refractivity (Wildman–Crippen MR) is 138 cm³/mol. The number of hydrazone groups is 1. The first kappa shape index (κ1) is 21.7. The highest BCUT2D eigenvalue weighted by molar-refractivity contribution is 6.09. The van der Waals surface area contributed by atoms with Gasteiger partial charge in [-0.3, -0.25) is 4.79 Å². The average Bonchev–Trinajstić information content (AvgIpc) is 2.90. The molecule has 4 rings (SSSR count). The molecule has 0 aliphatic carbocycles. The van der Waals surface area contributed by atoms with Crippen LogP contribution in [0.25, 0.3) is 23.3 Å². The summed E-state index contributed by atoms with van der Waals surface area (Å²) in [5.74, 6) is -0.256. The van der Waals surface area contributed by atoms with Gasteiger partial charge in [-0.15, -0.1) is 0 Å². The zero-order valence-electron chi connectivity index (χ0n) is 18.1. The van der Waals surface area contributed by atoms with E-state index in [9.17, 15) is 4.79 Å². The van der Waals surface area contributed by atoms with Gasteiger partial charge in [-0.1, -0.05) is 115 Å². The molecule has 3 nitrogen and oxygen atoms in total. The third kappa shape index (κ3) is 6.49. The van der Waals surface area contributed by atoms with Crippen LogP contribution in [-0.2, 0) is 0 Å². The fourth-order valence-corrected chi connectivity index (χ4v) is 3.25. The number of hydrogen-bond donors (Lipinski definition) is 1. The summed E-state index contributed by atoms with van der Waals surface area (Å²) in [4.78, 5) is 12.7. The number of hydrogen-bond acceptors (Lipinski definition) is 2. The van der Waals surface area contributed by atoms with Gasteiger partial charge in [0.05, 0.1) is 5.71 Å². The second-order valence-corrected chi connectivity index (χ2v) is 7.41. The number of allylic oxidation sites excluding steroid dienone is 2. The molecule has 4 aromatic carbocycles. The van der Waals surface area contributed by atoms with Crippen molar-refractivity contribution in [2.75, 3.05) is 0 Å². The zero-order valence-corrected chi connectivity index (χ0v) is 18.1. The number of nitrogens with zero attached hydrogens (tertiary/aromatic N) is 1. The van der Waals surface area contributed by atoms with Crippen LogP contribution >= 0.6 is 0 Å². The van der Waals surface area contributed by atoms with Crippen molar-refractivity contribution in [1.82, 2.24) is 5.43 Å². The van der Waals surface area contributed by atoms with E-state index < -0.39 is 0 Å². The van der Waals surface area contributed by atoms with Crippen molar-refractivity contribution in [3.05, 3.63) is 144 Å². The maximum Gasteiger partial charge on any atom is 0.271 e. The van der Waals surface area contributed by atoms with Gasteiger partial charge in [-0.05, 0) is 46.5 Å². The van der Waals surface area contributed by atoms with E-state index in [1.54, 1.807) is 0 Å². The minimum Gasteiger partial charge on any atom is -0.267 e. The lowest BCUT2D eigenvalue weighted by Crippen LogP contribution is -2.18. The second kappa shape index (κ2) is 11.2. The Hall–Kier alpha value is -4.50. The van der Waals surface area contributed by atoms with Crippen molar-refractivity contribution in [2.24, 2.45) is 5.10 Å². The Kier molecular flexibility index (Phi) is 7.38. The third-order valence-corrected chi connectivity index (χ3v) is 5.03.